The summed E-state index contributed by atoms with van der Waals surface area (Å²) in [6, 6.07) is -0.795. The summed E-state index contributed by atoms with van der Waals surface area (Å²) in [5, 5.41) is 13.9. The summed E-state index contributed by atoms with van der Waals surface area (Å²) in [5.41, 5.74) is 0. The van der Waals surface area contributed by atoms with Gasteiger partial charge in [-0.3, -0.25) is 9.36 Å². The monoisotopic (exact) mass is 815 g/mol. The Balaban J connectivity index is 4.16. The Morgan fingerprint density at radius 2 is 0.982 bits per heavy atom. The van der Waals surface area contributed by atoms with Crippen LogP contribution in [0.15, 0.2) is 12.2 Å². The van der Waals surface area contributed by atoms with Crippen LogP contribution in [0.4, 0.5) is 0 Å². The molecular formula is C47H95N2O6P. The molecule has 0 aliphatic carbocycles. The minimum absolute atomic E-state index is 0.0143. The number of hydrogen-bond donors (Lipinski definition) is 2. The molecule has 2 N–H and O–H groups in total. The number of rotatable bonds is 44. The van der Waals surface area contributed by atoms with E-state index in [4.69, 9.17) is 9.05 Å². The fraction of sp³-hybridized carbons (Fsp3) is 0.936. The van der Waals surface area contributed by atoms with Gasteiger partial charge < -0.3 is 28.8 Å². The van der Waals surface area contributed by atoms with Crippen LogP contribution in [0, 0.1) is 0 Å². The third-order valence-corrected chi connectivity index (χ3v) is 12.0. The highest BCUT2D eigenvalue weighted by molar-refractivity contribution is 7.45. The highest BCUT2D eigenvalue weighted by Crippen LogP contribution is 2.38. The molecule has 1 unspecified atom stereocenters. The van der Waals surface area contributed by atoms with Gasteiger partial charge in [-0.05, 0) is 38.5 Å². The van der Waals surface area contributed by atoms with Crippen LogP contribution in [0.1, 0.15) is 232 Å². The Morgan fingerprint density at radius 1 is 0.607 bits per heavy atom. The highest BCUT2D eigenvalue weighted by Gasteiger charge is 2.24. The van der Waals surface area contributed by atoms with E-state index in [1.165, 1.54) is 167 Å². The second-order valence-corrected chi connectivity index (χ2v) is 19.2. The van der Waals surface area contributed by atoms with Gasteiger partial charge >= 0.3 is 0 Å². The van der Waals surface area contributed by atoms with Crippen molar-refractivity contribution in [3.8, 4) is 0 Å². The van der Waals surface area contributed by atoms with Crippen molar-refractivity contribution in [2.45, 2.75) is 244 Å². The lowest BCUT2D eigenvalue weighted by Crippen LogP contribution is -2.46. The molecule has 0 bridgehead atoms. The lowest BCUT2D eigenvalue weighted by atomic mass is 10.0. The van der Waals surface area contributed by atoms with E-state index >= 15 is 0 Å². The van der Waals surface area contributed by atoms with Crippen LogP contribution in [0.5, 0.6) is 0 Å². The first kappa shape index (κ1) is 55.2. The van der Waals surface area contributed by atoms with Crippen LogP contribution in [0.25, 0.3) is 0 Å². The zero-order valence-corrected chi connectivity index (χ0v) is 38.7. The summed E-state index contributed by atoms with van der Waals surface area (Å²) < 4.78 is 23.3. The number of phosphoric acid groups is 1. The third kappa shape index (κ3) is 41.4. The van der Waals surface area contributed by atoms with Crippen molar-refractivity contribution in [2.75, 3.05) is 40.9 Å². The number of aliphatic hydroxyl groups excluding tert-OH is 1. The van der Waals surface area contributed by atoms with Gasteiger partial charge in [0.15, 0.2) is 0 Å². The molecule has 0 aromatic heterocycles. The summed E-state index contributed by atoms with van der Waals surface area (Å²) in [5.74, 6) is -0.164. The maximum absolute atomic E-state index is 12.9. The average molecular weight is 815 g/mol. The van der Waals surface area contributed by atoms with Crippen LogP contribution in [0.3, 0.4) is 0 Å². The summed E-state index contributed by atoms with van der Waals surface area (Å²) in [4.78, 5) is 25.3. The van der Waals surface area contributed by atoms with Gasteiger partial charge in [-0.1, -0.05) is 199 Å². The van der Waals surface area contributed by atoms with Crippen molar-refractivity contribution in [3.05, 3.63) is 12.2 Å². The Morgan fingerprint density at radius 3 is 1.39 bits per heavy atom. The van der Waals surface area contributed by atoms with Gasteiger partial charge in [-0.25, -0.2) is 0 Å². The SMILES string of the molecule is CCCCCCCC/C=C/CCCCCCCCCCCCCCCC(=O)N[C@@H](COP(=O)([O-])OCC[N+](C)(C)C)[C@H](O)CCCCCCCCCCCCC. The summed E-state index contributed by atoms with van der Waals surface area (Å²) in [7, 11) is 1.31. The minimum Gasteiger partial charge on any atom is -0.756 e. The molecule has 0 radical (unpaired) electrons. The number of nitrogens with zero attached hydrogens (tertiary/aromatic N) is 1. The quantitative estimate of drug-likeness (QED) is 0.0274. The molecule has 0 fully saturated rings. The first-order valence-corrected chi connectivity index (χ1v) is 25.5. The molecule has 8 nitrogen and oxygen atoms in total. The van der Waals surface area contributed by atoms with Crippen molar-refractivity contribution in [1.82, 2.24) is 5.32 Å². The maximum Gasteiger partial charge on any atom is 0.268 e. The Hall–Kier alpha value is -0.760. The summed E-state index contributed by atoms with van der Waals surface area (Å²) >= 11 is 0. The van der Waals surface area contributed by atoms with E-state index in [-0.39, 0.29) is 19.1 Å². The number of quaternary nitrogens is 1. The molecule has 0 rings (SSSR count). The molecular weight excluding hydrogens is 719 g/mol. The molecule has 3 atom stereocenters. The number of phosphoric ester groups is 1. The fourth-order valence-electron chi connectivity index (χ4n) is 7.15. The van der Waals surface area contributed by atoms with E-state index in [0.29, 0.717) is 23.9 Å². The van der Waals surface area contributed by atoms with E-state index in [9.17, 15) is 19.4 Å². The largest absolute Gasteiger partial charge is 0.756 e. The van der Waals surface area contributed by atoms with Gasteiger partial charge in [-0.15, -0.1) is 0 Å². The number of carbonyl (C=O) groups excluding carboxylic acids is 1. The number of likely N-dealkylation sites (N-methyl/N-ethyl adjacent to an activating group) is 1. The number of nitrogens with one attached hydrogen (secondary N) is 1. The molecule has 0 saturated heterocycles. The van der Waals surface area contributed by atoms with Gasteiger partial charge in [0, 0.05) is 6.42 Å². The maximum atomic E-state index is 12.9. The zero-order chi connectivity index (χ0) is 41.4. The van der Waals surface area contributed by atoms with Crippen molar-refractivity contribution >= 4 is 13.7 Å². The molecule has 0 aromatic carbocycles. The molecule has 0 spiro atoms. The Bertz CT molecular complexity index is 927. The predicted molar refractivity (Wildman–Crippen MR) is 238 cm³/mol. The lowest BCUT2D eigenvalue weighted by molar-refractivity contribution is -0.870. The van der Waals surface area contributed by atoms with Crippen LogP contribution >= 0.6 is 7.82 Å². The number of allylic oxidation sites excluding steroid dienone is 2. The number of amides is 1. The molecule has 1 amide bonds. The molecule has 334 valence electrons. The Kier molecular flexibility index (Phi) is 39.1. The van der Waals surface area contributed by atoms with Crippen LogP contribution in [-0.2, 0) is 18.4 Å². The number of carbonyl (C=O) groups is 1. The minimum atomic E-state index is -4.56. The van der Waals surface area contributed by atoms with Gasteiger partial charge in [0.05, 0.1) is 39.9 Å². The molecule has 0 aromatic rings. The second kappa shape index (κ2) is 39.7. The predicted octanol–water partition coefficient (Wildman–Crippen LogP) is 12.9. The van der Waals surface area contributed by atoms with Gasteiger partial charge in [0.1, 0.15) is 13.2 Å². The average Bonchev–Trinajstić information content (AvgIpc) is 3.15. The van der Waals surface area contributed by atoms with Gasteiger partial charge in [-0.2, -0.15) is 0 Å². The van der Waals surface area contributed by atoms with Crippen molar-refractivity contribution in [2.24, 2.45) is 0 Å². The molecule has 9 heteroatoms. The Labute approximate surface area is 348 Å². The summed E-state index contributed by atoms with van der Waals surface area (Å²) in [6.07, 6.45) is 45.1. The normalized spacial score (nSPS) is 14.3. The first-order chi connectivity index (χ1) is 27.0. The third-order valence-electron chi connectivity index (χ3n) is 11.0. The van der Waals surface area contributed by atoms with Crippen molar-refractivity contribution in [3.63, 3.8) is 0 Å². The molecule has 0 aliphatic heterocycles. The summed E-state index contributed by atoms with van der Waals surface area (Å²) in [6.45, 7) is 4.72. The number of hydrogen-bond acceptors (Lipinski definition) is 6. The van der Waals surface area contributed by atoms with E-state index in [1.807, 2.05) is 21.1 Å². The second-order valence-electron chi connectivity index (χ2n) is 17.8. The molecule has 0 saturated carbocycles. The van der Waals surface area contributed by atoms with Crippen LogP contribution < -0.4 is 10.2 Å². The van der Waals surface area contributed by atoms with E-state index in [1.54, 1.807) is 0 Å². The van der Waals surface area contributed by atoms with E-state index in [2.05, 4.69) is 31.3 Å². The zero-order valence-electron chi connectivity index (χ0n) is 37.9. The van der Waals surface area contributed by atoms with E-state index < -0.39 is 20.0 Å². The van der Waals surface area contributed by atoms with Crippen LogP contribution in [0.2, 0.25) is 0 Å². The first-order valence-electron chi connectivity index (χ1n) is 24.0. The lowest BCUT2D eigenvalue weighted by Gasteiger charge is -2.30. The van der Waals surface area contributed by atoms with Crippen LogP contribution in [-0.4, -0.2) is 68.5 Å². The number of aliphatic hydroxyl groups is 1. The van der Waals surface area contributed by atoms with Crippen molar-refractivity contribution < 1.29 is 32.9 Å². The molecule has 56 heavy (non-hydrogen) atoms. The standard InChI is InChI=1S/C47H95N2O6P/c1-6-8-10-12-14-16-18-19-20-21-22-23-24-25-26-27-28-29-31-33-35-37-39-41-47(51)48-45(44-55-56(52,53)54-43-42-49(3,4)5)46(50)40-38-36-34-32-30-17-15-13-11-9-7-2/h19-20,45-46,50H,6-18,21-44H2,1-5H3,(H-,48,51,52,53)/b20-19+/t45-,46+/m0/s1. The van der Waals surface area contributed by atoms with E-state index in [0.717, 1.165) is 38.5 Å². The number of unbranched alkanes of at least 4 members (excludes halogenated alkanes) is 29. The molecule has 0 heterocycles. The topological polar surface area (TPSA) is 108 Å². The highest BCUT2D eigenvalue weighted by atomic mass is 31.2. The van der Waals surface area contributed by atoms with Crippen molar-refractivity contribution in [1.29, 1.82) is 0 Å². The fourth-order valence-corrected chi connectivity index (χ4v) is 7.88. The van der Waals surface area contributed by atoms with Gasteiger partial charge in [0.25, 0.3) is 7.82 Å². The smallest absolute Gasteiger partial charge is 0.268 e. The van der Waals surface area contributed by atoms with Gasteiger partial charge in [0.2, 0.25) is 5.91 Å². The molecule has 0 aliphatic rings.